The van der Waals surface area contributed by atoms with E-state index < -0.39 is 20.9 Å². The quantitative estimate of drug-likeness (QED) is 0.372. The molecule has 12 heteroatoms. The number of methoxy groups -OCH3 is 1. The predicted molar refractivity (Wildman–Crippen MR) is 129 cm³/mol. The van der Waals surface area contributed by atoms with E-state index in [1.54, 1.807) is 4.31 Å². The van der Waals surface area contributed by atoms with Crippen LogP contribution < -0.4 is 10.1 Å². The zero-order valence-electron chi connectivity index (χ0n) is 18.7. The summed E-state index contributed by atoms with van der Waals surface area (Å²) in [5.41, 5.74) is 0.533. The predicted octanol–water partition coefficient (Wildman–Crippen LogP) is 4.42. The van der Waals surface area contributed by atoms with E-state index in [9.17, 15) is 23.3 Å². The molecular weight excluding hydrogens is 480 g/mol. The molecule has 1 aliphatic heterocycles. The number of rotatable bonds is 7. The normalized spacial score (nSPS) is 16.9. The van der Waals surface area contributed by atoms with Gasteiger partial charge in [0.15, 0.2) is 10.9 Å². The zero-order chi connectivity index (χ0) is 24.5. The monoisotopic (exact) mass is 504 g/mol. The second-order valence-electron chi connectivity index (χ2n) is 7.92. The first kappa shape index (κ1) is 24.0. The van der Waals surface area contributed by atoms with Crippen molar-refractivity contribution in [2.24, 2.45) is 0 Å². The fourth-order valence-electron chi connectivity index (χ4n) is 4.08. The van der Waals surface area contributed by atoms with Gasteiger partial charge in [0.1, 0.15) is 5.52 Å². The van der Waals surface area contributed by atoms with Crippen LogP contribution in [0.5, 0.6) is 5.75 Å². The molecule has 1 atom stereocenters. The maximum Gasteiger partial charge on any atom is 0.274 e. The maximum absolute atomic E-state index is 13.1. The Morgan fingerprint density at radius 3 is 2.68 bits per heavy atom. The van der Waals surface area contributed by atoms with Crippen molar-refractivity contribution in [3.8, 4) is 5.75 Å². The van der Waals surface area contributed by atoms with Crippen molar-refractivity contribution < 1.29 is 22.9 Å². The van der Waals surface area contributed by atoms with Crippen LogP contribution in [0.3, 0.4) is 0 Å². The topological polar surface area (TPSA) is 132 Å². The van der Waals surface area contributed by atoms with Gasteiger partial charge in [0, 0.05) is 24.2 Å². The number of ether oxygens (including phenoxy) is 1. The Morgan fingerprint density at radius 1 is 1.29 bits per heavy atom. The molecule has 0 saturated carbocycles. The minimum atomic E-state index is -3.64. The van der Waals surface area contributed by atoms with Crippen LogP contribution in [0, 0.1) is 10.1 Å². The van der Waals surface area contributed by atoms with Crippen LogP contribution in [0.2, 0.25) is 0 Å². The molecule has 1 aromatic heterocycles. The molecule has 4 rings (SSSR count). The number of carbonyl (C=O) groups is 1. The van der Waals surface area contributed by atoms with Gasteiger partial charge in [0.2, 0.25) is 10.0 Å². The Hall–Kier alpha value is -3.09. The Bertz CT molecular complexity index is 1340. The number of amides is 1. The number of carbonyl (C=O) groups excluding carboxylic acids is 1. The highest BCUT2D eigenvalue weighted by Gasteiger charge is 2.32. The van der Waals surface area contributed by atoms with Gasteiger partial charge in [-0.05, 0) is 43.5 Å². The van der Waals surface area contributed by atoms with E-state index in [-0.39, 0.29) is 33.1 Å². The number of nitro benzene ring substituents is 1. The van der Waals surface area contributed by atoms with E-state index in [1.165, 1.54) is 43.5 Å². The molecule has 34 heavy (non-hydrogen) atoms. The van der Waals surface area contributed by atoms with Crippen molar-refractivity contribution >= 4 is 48.3 Å². The second-order valence-corrected chi connectivity index (χ2v) is 10.8. The van der Waals surface area contributed by atoms with Crippen molar-refractivity contribution in [3.05, 3.63) is 52.1 Å². The molecule has 0 bridgehead atoms. The van der Waals surface area contributed by atoms with Crippen molar-refractivity contribution in [3.63, 3.8) is 0 Å². The largest absolute Gasteiger partial charge is 0.494 e. The van der Waals surface area contributed by atoms with E-state index >= 15 is 0 Å². The first-order valence-electron chi connectivity index (χ1n) is 10.8. The van der Waals surface area contributed by atoms with E-state index in [0.717, 1.165) is 37.0 Å². The van der Waals surface area contributed by atoms with Gasteiger partial charge < -0.3 is 4.74 Å². The summed E-state index contributed by atoms with van der Waals surface area (Å²) in [6.07, 6.45) is 3.48. The first-order chi connectivity index (χ1) is 16.2. The summed E-state index contributed by atoms with van der Waals surface area (Å²) in [4.78, 5) is 27.8. The van der Waals surface area contributed by atoms with Crippen LogP contribution in [0.1, 0.15) is 43.0 Å². The Balaban J connectivity index is 1.54. The van der Waals surface area contributed by atoms with E-state index in [2.05, 4.69) is 10.3 Å². The number of aromatic nitrogens is 1. The summed E-state index contributed by atoms with van der Waals surface area (Å²) in [7, 11) is -2.25. The van der Waals surface area contributed by atoms with Gasteiger partial charge >= 0.3 is 0 Å². The summed E-state index contributed by atoms with van der Waals surface area (Å²) < 4.78 is 33.5. The third-order valence-electron chi connectivity index (χ3n) is 5.86. The molecule has 180 valence electrons. The molecule has 1 aliphatic rings. The molecule has 1 amide bonds. The molecule has 0 radical (unpaired) electrons. The number of piperidine rings is 1. The highest BCUT2D eigenvalue weighted by atomic mass is 32.2. The number of nitrogens with zero attached hydrogens (tertiary/aromatic N) is 3. The molecule has 0 spiro atoms. The van der Waals surface area contributed by atoms with Crippen LogP contribution in [0.25, 0.3) is 10.2 Å². The van der Waals surface area contributed by atoms with E-state index in [1.807, 2.05) is 6.92 Å². The standard InChI is InChI=1S/C22H24N4O6S2/c1-3-15-6-4-5-11-25(15)34(30,31)17-9-7-14(8-10-17)21(27)24-22-23-20-18(32-2)12-16(26(28)29)13-19(20)33-22/h7-10,12-13,15H,3-6,11H2,1-2H3,(H,23,24,27). The number of nitro groups is 1. The third-order valence-corrected chi connectivity index (χ3v) is 8.75. The van der Waals surface area contributed by atoms with Crippen LogP contribution in [0.4, 0.5) is 10.8 Å². The molecule has 1 saturated heterocycles. The Morgan fingerprint density at radius 2 is 2.03 bits per heavy atom. The SMILES string of the molecule is CCC1CCCCN1S(=O)(=O)c1ccc(C(=O)Nc2nc3c(OC)cc([N+](=O)[O-])cc3s2)cc1. The van der Waals surface area contributed by atoms with Gasteiger partial charge in [-0.1, -0.05) is 24.7 Å². The number of thiazole rings is 1. The fraction of sp³-hybridized carbons (Fsp3) is 0.364. The lowest BCUT2D eigenvalue weighted by Gasteiger charge is -2.34. The molecule has 1 fully saturated rings. The lowest BCUT2D eigenvalue weighted by atomic mass is 10.0. The van der Waals surface area contributed by atoms with E-state index in [4.69, 9.17) is 4.74 Å². The van der Waals surface area contributed by atoms with Gasteiger partial charge in [-0.2, -0.15) is 4.31 Å². The average molecular weight is 505 g/mol. The number of hydrogen-bond acceptors (Lipinski definition) is 8. The maximum atomic E-state index is 13.1. The summed E-state index contributed by atoms with van der Waals surface area (Å²) in [5.74, 6) is -0.237. The molecular formula is C22H24N4O6S2. The third kappa shape index (κ3) is 4.61. The van der Waals surface area contributed by atoms with Crippen molar-refractivity contribution in [1.82, 2.24) is 9.29 Å². The highest BCUT2D eigenvalue weighted by Crippen LogP contribution is 2.36. The molecule has 0 aliphatic carbocycles. The van der Waals surface area contributed by atoms with Crippen molar-refractivity contribution in [2.45, 2.75) is 43.5 Å². The second kappa shape index (κ2) is 9.65. The zero-order valence-corrected chi connectivity index (χ0v) is 20.3. The van der Waals surface area contributed by atoms with Crippen LogP contribution in [-0.4, -0.2) is 48.2 Å². The van der Waals surface area contributed by atoms with Gasteiger partial charge in [0.05, 0.1) is 27.7 Å². The summed E-state index contributed by atoms with van der Waals surface area (Å²) in [6.45, 7) is 2.49. The van der Waals surface area contributed by atoms with Crippen LogP contribution in [0.15, 0.2) is 41.3 Å². The van der Waals surface area contributed by atoms with E-state index in [0.29, 0.717) is 16.8 Å². The van der Waals surface area contributed by atoms with Crippen LogP contribution in [-0.2, 0) is 10.0 Å². The minimum absolute atomic E-state index is 0.00595. The summed E-state index contributed by atoms with van der Waals surface area (Å²) >= 11 is 1.08. The number of fused-ring (bicyclic) bond motifs is 1. The molecule has 1 unspecified atom stereocenters. The first-order valence-corrected chi connectivity index (χ1v) is 13.1. The summed E-state index contributed by atoms with van der Waals surface area (Å²) in [6, 6.07) is 8.45. The smallest absolute Gasteiger partial charge is 0.274 e. The number of nitrogens with one attached hydrogen (secondary N) is 1. The number of anilines is 1. The Kier molecular flexibility index (Phi) is 6.82. The van der Waals surface area contributed by atoms with Gasteiger partial charge in [-0.25, -0.2) is 13.4 Å². The Labute approximate surface area is 200 Å². The molecule has 2 aromatic carbocycles. The molecule has 3 aromatic rings. The molecule has 10 nitrogen and oxygen atoms in total. The minimum Gasteiger partial charge on any atom is -0.494 e. The van der Waals surface area contributed by atoms with Gasteiger partial charge in [-0.3, -0.25) is 20.2 Å². The molecule has 1 N–H and O–H groups in total. The lowest BCUT2D eigenvalue weighted by Crippen LogP contribution is -2.43. The number of benzene rings is 2. The van der Waals surface area contributed by atoms with Crippen LogP contribution >= 0.6 is 11.3 Å². The summed E-state index contributed by atoms with van der Waals surface area (Å²) in [5, 5.41) is 14.0. The van der Waals surface area contributed by atoms with Crippen molar-refractivity contribution in [1.29, 1.82) is 0 Å². The lowest BCUT2D eigenvalue weighted by molar-refractivity contribution is -0.384. The van der Waals surface area contributed by atoms with Crippen molar-refractivity contribution in [2.75, 3.05) is 19.0 Å². The average Bonchev–Trinajstić information content (AvgIpc) is 3.25. The van der Waals surface area contributed by atoms with Gasteiger partial charge in [-0.15, -0.1) is 0 Å². The number of sulfonamides is 1. The molecule has 2 heterocycles. The highest BCUT2D eigenvalue weighted by molar-refractivity contribution is 7.89. The number of non-ortho nitro benzene ring substituents is 1. The fourth-order valence-corrected chi connectivity index (χ4v) is 6.76. The number of hydrogen-bond donors (Lipinski definition) is 1. The van der Waals surface area contributed by atoms with Gasteiger partial charge in [0.25, 0.3) is 11.6 Å².